The minimum absolute atomic E-state index is 0.0731. The van der Waals surface area contributed by atoms with Crippen LogP contribution in [-0.4, -0.2) is 10.4 Å². The van der Waals surface area contributed by atoms with Crippen molar-refractivity contribution < 1.29 is 9.21 Å². The van der Waals surface area contributed by atoms with Crippen LogP contribution in [-0.2, 0) is 7.05 Å². The topological polar surface area (TPSA) is 52.2 Å². The van der Waals surface area contributed by atoms with Crippen molar-refractivity contribution in [3.05, 3.63) is 45.2 Å². The molecule has 3 rings (SSSR count). The molecule has 0 amide bonds. The van der Waals surface area contributed by atoms with Gasteiger partial charge in [0.1, 0.15) is 5.58 Å². The molecule has 4 heteroatoms. The Labute approximate surface area is 115 Å². The first-order valence-electron chi connectivity index (χ1n) is 6.45. The highest BCUT2D eigenvalue weighted by Crippen LogP contribution is 2.26. The molecule has 0 bridgehead atoms. The molecule has 0 aliphatic carbocycles. The van der Waals surface area contributed by atoms with E-state index < -0.39 is 0 Å². The lowest BCUT2D eigenvalue weighted by Gasteiger charge is -2.01. The number of carbonyl (C=O) groups is 1. The summed E-state index contributed by atoms with van der Waals surface area (Å²) in [4.78, 5) is 24.4. The summed E-state index contributed by atoms with van der Waals surface area (Å²) in [5.41, 5.74) is 3.13. The van der Waals surface area contributed by atoms with Crippen LogP contribution in [0.25, 0.3) is 22.1 Å². The van der Waals surface area contributed by atoms with Crippen molar-refractivity contribution in [1.82, 2.24) is 4.57 Å². The number of carbonyl (C=O) groups excluding carboxylic acids is 1. The molecular weight excluding hydrogens is 254 g/mol. The van der Waals surface area contributed by atoms with Crippen molar-refractivity contribution >= 4 is 27.9 Å². The van der Waals surface area contributed by atoms with Crippen molar-refractivity contribution in [2.24, 2.45) is 7.05 Å². The van der Waals surface area contributed by atoms with Crippen LogP contribution in [0.15, 0.2) is 27.4 Å². The number of benzene rings is 1. The summed E-state index contributed by atoms with van der Waals surface area (Å²) in [6.07, 6.45) is 0. The standard InChI is InChI=1S/C16H15NO3/c1-8-5-6-12-11(7-8)15(19)13-9(2)14(10(3)18)17(4)16(13)20-12/h5-7H,1-4H3. The molecule has 2 heterocycles. The number of aryl methyl sites for hydroxylation is 3. The summed E-state index contributed by atoms with van der Waals surface area (Å²) in [6.45, 7) is 5.22. The molecule has 1 aromatic carbocycles. The predicted octanol–water partition coefficient (Wildman–Crippen LogP) is 3.10. The maximum Gasteiger partial charge on any atom is 0.211 e. The third kappa shape index (κ3) is 1.54. The molecule has 0 fully saturated rings. The van der Waals surface area contributed by atoms with Crippen LogP contribution in [0.3, 0.4) is 0 Å². The van der Waals surface area contributed by atoms with E-state index in [1.54, 1.807) is 24.6 Å². The summed E-state index contributed by atoms with van der Waals surface area (Å²) in [5, 5.41) is 1.05. The smallest absolute Gasteiger partial charge is 0.211 e. The van der Waals surface area contributed by atoms with Gasteiger partial charge >= 0.3 is 0 Å². The molecule has 20 heavy (non-hydrogen) atoms. The van der Waals surface area contributed by atoms with Crippen molar-refractivity contribution in [2.45, 2.75) is 20.8 Å². The third-order valence-electron chi connectivity index (χ3n) is 3.73. The third-order valence-corrected chi connectivity index (χ3v) is 3.73. The number of hydrogen-bond donors (Lipinski definition) is 0. The fraction of sp³-hybridized carbons (Fsp3) is 0.250. The van der Waals surface area contributed by atoms with Crippen LogP contribution in [0.1, 0.15) is 28.5 Å². The van der Waals surface area contributed by atoms with Crippen LogP contribution in [0.5, 0.6) is 0 Å². The quantitative estimate of drug-likeness (QED) is 0.638. The molecule has 2 aromatic heterocycles. The largest absolute Gasteiger partial charge is 0.439 e. The molecule has 4 nitrogen and oxygen atoms in total. The first-order valence-corrected chi connectivity index (χ1v) is 6.45. The average molecular weight is 269 g/mol. The summed E-state index contributed by atoms with van der Waals surface area (Å²) < 4.78 is 7.50. The fourth-order valence-electron chi connectivity index (χ4n) is 2.84. The lowest BCUT2D eigenvalue weighted by molar-refractivity contribution is 0.100. The van der Waals surface area contributed by atoms with Gasteiger partial charge in [0.25, 0.3) is 0 Å². The van der Waals surface area contributed by atoms with Crippen molar-refractivity contribution in [3.63, 3.8) is 0 Å². The van der Waals surface area contributed by atoms with E-state index in [2.05, 4.69) is 0 Å². The first kappa shape index (κ1) is 12.7. The maximum atomic E-state index is 12.7. The van der Waals surface area contributed by atoms with Gasteiger partial charge in [-0.2, -0.15) is 0 Å². The maximum absolute atomic E-state index is 12.7. The summed E-state index contributed by atoms with van der Waals surface area (Å²) in [5.74, 6) is -0.0731. The van der Waals surface area contributed by atoms with E-state index in [4.69, 9.17) is 4.42 Å². The van der Waals surface area contributed by atoms with Gasteiger partial charge in [-0.25, -0.2) is 0 Å². The highest BCUT2D eigenvalue weighted by atomic mass is 16.3. The van der Waals surface area contributed by atoms with E-state index in [0.29, 0.717) is 33.3 Å². The second-order valence-corrected chi connectivity index (χ2v) is 5.20. The summed E-state index contributed by atoms with van der Waals surface area (Å²) in [6, 6.07) is 5.51. The average Bonchev–Trinajstić information content (AvgIpc) is 2.63. The molecule has 0 atom stereocenters. The van der Waals surface area contributed by atoms with Gasteiger partial charge in [0, 0.05) is 14.0 Å². The number of aromatic nitrogens is 1. The zero-order valence-electron chi connectivity index (χ0n) is 11.9. The molecule has 0 saturated carbocycles. The van der Waals surface area contributed by atoms with E-state index in [1.807, 2.05) is 19.1 Å². The molecule has 102 valence electrons. The molecule has 0 N–H and O–H groups in total. The highest BCUT2D eigenvalue weighted by molar-refractivity contribution is 6.02. The fourth-order valence-corrected chi connectivity index (χ4v) is 2.84. The predicted molar refractivity (Wildman–Crippen MR) is 78.4 cm³/mol. The van der Waals surface area contributed by atoms with E-state index in [0.717, 1.165) is 5.56 Å². The molecule has 3 aromatic rings. The molecule has 0 unspecified atom stereocenters. The molecule has 0 radical (unpaired) electrons. The van der Waals surface area contributed by atoms with Gasteiger partial charge in [-0.15, -0.1) is 0 Å². The van der Waals surface area contributed by atoms with Gasteiger partial charge in [0.15, 0.2) is 5.78 Å². The lowest BCUT2D eigenvalue weighted by atomic mass is 10.1. The Morgan fingerprint density at radius 2 is 1.95 bits per heavy atom. The number of rotatable bonds is 1. The van der Waals surface area contributed by atoms with E-state index in [9.17, 15) is 9.59 Å². The summed E-state index contributed by atoms with van der Waals surface area (Å²) >= 11 is 0. The number of Topliss-reactive ketones (excluding diaryl/α,β-unsaturated/α-hetero) is 1. The molecule has 0 saturated heterocycles. The van der Waals surface area contributed by atoms with Crippen LogP contribution in [0.2, 0.25) is 0 Å². The normalized spacial score (nSPS) is 11.4. The Bertz CT molecular complexity index is 928. The molecule has 0 aliphatic heterocycles. The van der Waals surface area contributed by atoms with E-state index in [-0.39, 0.29) is 11.2 Å². The van der Waals surface area contributed by atoms with Crippen molar-refractivity contribution in [1.29, 1.82) is 0 Å². The lowest BCUT2D eigenvalue weighted by Crippen LogP contribution is -2.02. The van der Waals surface area contributed by atoms with Gasteiger partial charge in [0.05, 0.1) is 16.5 Å². The molecule has 0 aliphatic rings. The van der Waals surface area contributed by atoms with Crippen molar-refractivity contribution in [3.8, 4) is 0 Å². The Morgan fingerprint density at radius 3 is 2.60 bits per heavy atom. The van der Waals surface area contributed by atoms with Gasteiger partial charge < -0.3 is 8.98 Å². The second-order valence-electron chi connectivity index (χ2n) is 5.20. The zero-order valence-corrected chi connectivity index (χ0v) is 11.9. The molecular formula is C16H15NO3. The minimum atomic E-state index is -0.0782. The first-order chi connectivity index (χ1) is 9.41. The summed E-state index contributed by atoms with van der Waals surface area (Å²) in [7, 11) is 1.75. The Morgan fingerprint density at radius 1 is 1.25 bits per heavy atom. The number of nitrogens with zero attached hydrogens (tertiary/aromatic N) is 1. The van der Waals surface area contributed by atoms with E-state index >= 15 is 0 Å². The molecule has 0 spiro atoms. The van der Waals surface area contributed by atoms with Crippen LogP contribution < -0.4 is 5.43 Å². The highest BCUT2D eigenvalue weighted by Gasteiger charge is 2.20. The Hall–Kier alpha value is -2.36. The van der Waals surface area contributed by atoms with Crippen LogP contribution in [0.4, 0.5) is 0 Å². The number of ketones is 1. The van der Waals surface area contributed by atoms with Crippen LogP contribution >= 0.6 is 0 Å². The number of hydrogen-bond acceptors (Lipinski definition) is 3. The monoisotopic (exact) mass is 269 g/mol. The Balaban J connectivity index is 2.61. The van der Waals surface area contributed by atoms with Crippen molar-refractivity contribution in [2.75, 3.05) is 0 Å². The zero-order chi connectivity index (χ0) is 14.6. The van der Waals surface area contributed by atoms with Gasteiger partial charge in [0.2, 0.25) is 11.1 Å². The SMILES string of the molecule is CC(=O)c1c(C)c2c(=O)c3cc(C)ccc3oc2n1C. The minimum Gasteiger partial charge on any atom is -0.439 e. The van der Waals surface area contributed by atoms with Crippen LogP contribution in [0, 0.1) is 13.8 Å². The Kier molecular flexibility index (Phi) is 2.57. The van der Waals surface area contributed by atoms with E-state index in [1.165, 1.54) is 6.92 Å². The van der Waals surface area contributed by atoms with Gasteiger partial charge in [-0.1, -0.05) is 11.6 Å². The number of fused-ring (bicyclic) bond motifs is 2. The van der Waals surface area contributed by atoms with Gasteiger partial charge in [-0.05, 0) is 31.5 Å². The second kappa shape index (κ2) is 4.07. The van der Waals surface area contributed by atoms with Gasteiger partial charge in [-0.3, -0.25) is 9.59 Å².